The van der Waals surface area contributed by atoms with E-state index in [2.05, 4.69) is 0 Å². The highest BCUT2D eigenvalue weighted by Crippen LogP contribution is 2.36. The summed E-state index contributed by atoms with van der Waals surface area (Å²) in [5.41, 5.74) is 1.50. The van der Waals surface area contributed by atoms with Crippen LogP contribution in [-0.2, 0) is 25.7 Å². The molecule has 1 amide bonds. The first-order chi connectivity index (χ1) is 11.4. The fraction of sp³-hybridized carbons (Fsp3) is 0.389. The van der Waals surface area contributed by atoms with Crippen LogP contribution in [-0.4, -0.2) is 34.5 Å². The van der Waals surface area contributed by atoms with Crippen molar-refractivity contribution in [3.8, 4) is 0 Å². The summed E-state index contributed by atoms with van der Waals surface area (Å²) in [6.45, 7) is 5.21. The highest BCUT2D eigenvalue weighted by Gasteiger charge is 2.46. The second kappa shape index (κ2) is 7.29. The summed E-state index contributed by atoms with van der Waals surface area (Å²) < 4.78 is 5.03. The molecule has 0 aromatic heterocycles. The molecule has 1 aliphatic heterocycles. The van der Waals surface area contributed by atoms with Gasteiger partial charge in [0.1, 0.15) is 0 Å². The Hall–Kier alpha value is -2.63. The molecule has 0 aliphatic carbocycles. The van der Waals surface area contributed by atoms with Gasteiger partial charge in [0.25, 0.3) is 0 Å². The molecule has 0 radical (unpaired) electrons. The summed E-state index contributed by atoms with van der Waals surface area (Å²) in [5, 5.41) is 9.31. The molecular formula is C18H21NO5. The van der Waals surface area contributed by atoms with Crippen LogP contribution in [0.5, 0.6) is 0 Å². The molecule has 1 N–H and O–H groups in total. The summed E-state index contributed by atoms with van der Waals surface area (Å²) in [6, 6.07) is 9.34. The minimum atomic E-state index is -1.12. The summed E-state index contributed by atoms with van der Waals surface area (Å²) in [7, 11) is 0. The molecule has 2 rings (SSSR count). The van der Waals surface area contributed by atoms with E-state index < -0.39 is 23.8 Å². The highest BCUT2D eigenvalue weighted by molar-refractivity contribution is 6.03. The van der Waals surface area contributed by atoms with Crippen molar-refractivity contribution in [2.45, 2.75) is 27.3 Å². The first kappa shape index (κ1) is 17.7. The maximum Gasteiger partial charge on any atom is 0.336 e. The van der Waals surface area contributed by atoms with Gasteiger partial charge in [-0.1, -0.05) is 37.3 Å². The number of carbonyl (C=O) groups is 3. The Balaban J connectivity index is 2.40. The molecule has 0 bridgehead atoms. The average Bonchev–Trinajstić information content (AvgIpc) is 2.80. The van der Waals surface area contributed by atoms with E-state index in [4.69, 9.17) is 4.74 Å². The lowest BCUT2D eigenvalue weighted by Crippen LogP contribution is -2.34. The van der Waals surface area contributed by atoms with Gasteiger partial charge in [-0.15, -0.1) is 0 Å². The van der Waals surface area contributed by atoms with Gasteiger partial charge in [0.2, 0.25) is 5.91 Å². The molecule has 2 atom stereocenters. The zero-order valence-electron chi connectivity index (χ0n) is 14.0. The van der Waals surface area contributed by atoms with Crippen molar-refractivity contribution in [3.05, 3.63) is 47.2 Å². The van der Waals surface area contributed by atoms with Crippen LogP contribution in [0.25, 0.3) is 0 Å². The molecular weight excluding hydrogens is 310 g/mol. The van der Waals surface area contributed by atoms with Crippen molar-refractivity contribution in [2.75, 3.05) is 6.61 Å². The minimum Gasteiger partial charge on any atom is -0.481 e. The monoisotopic (exact) mass is 331 g/mol. The van der Waals surface area contributed by atoms with Gasteiger partial charge in [-0.25, -0.2) is 4.79 Å². The van der Waals surface area contributed by atoms with Gasteiger partial charge in [0.15, 0.2) is 0 Å². The fourth-order valence-electron chi connectivity index (χ4n) is 2.88. The number of amides is 1. The van der Waals surface area contributed by atoms with Gasteiger partial charge in [-0.3, -0.25) is 9.59 Å². The van der Waals surface area contributed by atoms with E-state index >= 15 is 0 Å². The van der Waals surface area contributed by atoms with Crippen molar-refractivity contribution in [2.24, 2.45) is 11.8 Å². The molecule has 1 aromatic carbocycles. The van der Waals surface area contributed by atoms with Crippen LogP contribution in [0.1, 0.15) is 26.3 Å². The third kappa shape index (κ3) is 3.32. The normalized spacial score (nSPS) is 18.7. The zero-order valence-corrected chi connectivity index (χ0v) is 14.0. The number of ether oxygens (including phenoxy) is 1. The molecule has 0 saturated carbocycles. The lowest BCUT2D eigenvalue weighted by atomic mass is 9.87. The van der Waals surface area contributed by atoms with Gasteiger partial charge in [0, 0.05) is 5.70 Å². The van der Waals surface area contributed by atoms with Crippen LogP contribution >= 0.6 is 0 Å². The molecule has 0 unspecified atom stereocenters. The fourth-order valence-corrected chi connectivity index (χ4v) is 2.88. The molecule has 0 spiro atoms. The smallest absolute Gasteiger partial charge is 0.336 e. The SMILES string of the molecule is CCOC(=O)C1=C(C)N(Cc2ccccc2)C(=O)[C@H]1[C@H](C)C(=O)O. The van der Waals surface area contributed by atoms with Gasteiger partial charge in [0.05, 0.1) is 30.6 Å². The number of hydrogen-bond donors (Lipinski definition) is 1. The van der Waals surface area contributed by atoms with E-state index in [0.717, 1.165) is 5.56 Å². The van der Waals surface area contributed by atoms with Crippen LogP contribution in [0, 0.1) is 11.8 Å². The zero-order chi connectivity index (χ0) is 17.9. The summed E-state index contributed by atoms with van der Waals surface area (Å²) in [4.78, 5) is 37.9. The van der Waals surface area contributed by atoms with Gasteiger partial charge >= 0.3 is 11.9 Å². The van der Waals surface area contributed by atoms with E-state index in [1.54, 1.807) is 13.8 Å². The molecule has 0 fully saturated rings. The van der Waals surface area contributed by atoms with Crippen LogP contribution in [0.4, 0.5) is 0 Å². The van der Waals surface area contributed by atoms with E-state index in [1.807, 2.05) is 30.3 Å². The Bertz CT molecular complexity index is 680. The van der Waals surface area contributed by atoms with Crippen molar-refractivity contribution < 1.29 is 24.2 Å². The predicted molar refractivity (Wildman–Crippen MR) is 86.6 cm³/mol. The number of hydrogen-bond acceptors (Lipinski definition) is 4. The van der Waals surface area contributed by atoms with Gasteiger partial charge in [-0.05, 0) is 19.4 Å². The molecule has 128 valence electrons. The van der Waals surface area contributed by atoms with E-state index in [1.165, 1.54) is 11.8 Å². The second-order valence-corrected chi connectivity index (χ2v) is 5.73. The van der Waals surface area contributed by atoms with E-state index in [0.29, 0.717) is 5.70 Å². The Kier molecular flexibility index (Phi) is 5.39. The standard InChI is InChI=1S/C18H21NO5/c1-4-24-18(23)15-12(3)19(10-13-8-6-5-7-9-13)16(20)14(15)11(2)17(21)22/h5-9,11,14H,4,10H2,1-3H3,(H,21,22)/t11-,14-/m0/s1. The number of nitrogens with zero attached hydrogens (tertiary/aromatic N) is 1. The topological polar surface area (TPSA) is 83.9 Å². The maximum absolute atomic E-state index is 12.8. The van der Waals surface area contributed by atoms with E-state index in [-0.39, 0.29) is 24.6 Å². The number of aliphatic carboxylic acids is 1. The van der Waals surface area contributed by atoms with Crippen molar-refractivity contribution in [1.29, 1.82) is 0 Å². The Labute approximate surface area is 140 Å². The molecule has 1 aliphatic rings. The molecule has 6 nitrogen and oxygen atoms in total. The third-order valence-corrected chi connectivity index (χ3v) is 4.21. The van der Waals surface area contributed by atoms with Crippen molar-refractivity contribution in [1.82, 2.24) is 4.90 Å². The number of carbonyl (C=O) groups excluding carboxylic acids is 2. The maximum atomic E-state index is 12.8. The summed E-state index contributed by atoms with van der Waals surface area (Å²) in [5.74, 6) is -4.16. The number of benzene rings is 1. The molecule has 0 saturated heterocycles. The largest absolute Gasteiger partial charge is 0.481 e. The van der Waals surface area contributed by atoms with Crippen molar-refractivity contribution in [3.63, 3.8) is 0 Å². The lowest BCUT2D eigenvalue weighted by Gasteiger charge is -2.20. The Morgan fingerprint density at radius 1 is 1.29 bits per heavy atom. The molecule has 1 heterocycles. The predicted octanol–water partition coefficient (Wildman–Crippen LogP) is 2.20. The highest BCUT2D eigenvalue weighted by atomic mass is 16.5. The quantitative estimate of drug-likeness (QED) is 0.808. The average molecular weight is 331 g/mol. The number of carboxylic acid groups (broad SMARTS) is 1. The van der Waals surface area contributed by atoms with Crippen LogP contribution in [0.3, 0.4) is 0 Å². The van der Waals surface area contributed by atoms with Crippen LogP contribution in [0.2, 0.25) is 0 Å². The first-order valence-corrected chi connectivity index (χ1v) is 7.84. The molecule has 24 heavy (non-hydrogen) atoms. The van der Waals surface area contributed by atoms with Gasteiger partial charge in [-0.2, -0.15) is 0 Å². The Morgan fingerprint density at radius 2 is 1.92 bits per heavy atom. The number of rotatable bonds is 6. The number of allylic oxidation sites excluding steroid dienone is 1. The summed E-state index contributed by atoms with van der Waals surface area (Å²) in [6.07, 6.45) is 0. The summed E-state index contributed by atoms with van der Waals surface area (Å²) >= 11 is 0. The third-order valence-electron chi connectivity index (χ3n) is 4.21. The number of esters is 1. The van der Waals surface area contributed by atoms with Crippen molar-refractivity contribution >= 4 is 17.8 Å². The lowest BCUT2D eigenvalue weighted by molar-refractivity contribution is -0.148. The second-order valence-electron chi connectivity index (χ2n) is 5.73. The number of carboxylic acids is 1. The minimum absolute atomic E-state index is 0.146. The molecule has 1 aromatic rings. The van der Waals surface area contributed by atoms with Crippen LogP contribution in [0.15, 0.2) is 41.6 Å². The Morgan fingerprint density at radius 3 is 2.46 bits per heavy atom. The molecule has 6 heteroatoms. The van der Waals surface area contributed by atoms with E-state index in [9.17, 15) is 19.5 Å². The van der Waals surface area contributed by atoms with Crippen LogP contribution < -0.4 is 0 Å². The first-order valence-electron chi connectivity index (χ1n) is 7.84. The van der Waals surface area contributed by atoms with Gasteiger partial charge < -0.3 is 14.7 Å².